The van der Waals surface area contributed by atoms with E-state index in [0.717, 1.165) is 22.6 Å². The summed E-state index contributed by atoms with van der Waals surface area (Å²) in [6, 6.07) is 15.9. The topological polar surface area (TPSA) is 29.5 Å². The highest BCUT2D eigenvalue weighted by Crippen LogP contribution is 2.31. The van der Waals surface area contributed by atoms with Crippen LogP contribution < -0.4 is 9.64 Å². The number of nitrogens with zero attached hydrogens (tertiary/aromatic N) is 1. The molecule has 2 aromatic rings. The first-order valence-corrected chi connectivity index (χ1v) is 8.90. The molecule has 0 saturated carbocycles. The lowest BCUT2D eigenvalue weighted by Crippen LogP contribution is -2.41. The van der Waals surface area contributed by atoms with Gasteiger partial charge in [0.1, 0.15) is 5.75 Å². The van der Waals surface area contributed by atoms with E-state index in [2.05, 4.69) is 15.9 Å². The molecule has 0 N–H and O–H groups in total. The molecule has 0 bridgehead atoms. The van der Waals surface area contributed by atoms with Crippen LogP contribution in [0.2, 0.25) is 0 Å². The zero-order valence-electron chi connectivity index (χ0n) is 14.7. The molecule has 0 spiro atoms. The van der Waals surface area contributed by atoms with Gasteiger partial charge in [-0.15, -0.1) is 0 Å². The van der Waals surface area contributed by atoms with Crippen LogP contribution in [0, 0.1) is 6.92 Å². The average molecular weight is 390 g/mol. The molecule has 0 atom stereocenters. The molecule has 0 aliphatic heterocycles. The largest absolute Gasteiger partial charge is 0.494 e. The lowest BCUT2D eigenvalue weighted by molar-refractivity contribution is -0.120. The highest BCUT2D eigenvalue weighted by Gasteiger charge is 2.31. The summed E-state index contributed by atoms with van der Waals surface area (Å²) in [5.41, 5.74) is 3.01. The van der Waals surface area contributed by atoms with Crippen LogP contribution in [0.3, 0.4) is 0 Å². The summed E-state index contributed by atoms with van der Waals surface area (Å²) in [5, 5.41) is 0. The van der Waals surface area contributed by atoms with E-state index in [1.54, 1.807) is 0 Å². The second-order valence-corrected chi connectivity index (χ2v) is 8.21. The summed E-state index contributed by atoms with van der Waals surface area (Å²) < 4.78 is 4.97. The van der Waals surface area contributed by atoms with Crippen molar-refractivity contribution in [3.63, 3.8) is 0 Å². The number of carbonyl (C=O) groups excluding carboxylic acids is 1. The molecule has 1 amide bonds. The number of aryl methyl sites for hydroxylation is 1. The van der Waals surface area contributed by atoms with Crippen LogP contribution in [0.15, 0.2) is 48.5 Å². The highest BCUT2D eigenvalue weighted by atomic mass is 79.9. The van der Waals surface area contributed by atoms with Crippen LogP contribution >= 0.6 is 15.9 Å². The first kappa shape index (κ1) is 18.5. The molecule has 0 aliphatic rings. The lowest BCUT2D eigenvalue weighted by Gasteiger charge is -2.30. The standard InChI is InChI=1S/C20H24BrNO2/c1-5-24-17-12-11-15(2)18(13-17)22(19(23)20(3,4)21)14-16-9-7-6-8-10-16/h6-13H,5,14H2,1-4H3. The Bertz CT molecular complexity index is 693. The normalized spacial score (nSPS) is 11.2. The van der Waals surface area contributed by atoms with E-state index in [1.165, 1.54) is 0 Å². The number of rotatable bonds is 6. The minimum absolute atomic E-state index is 0.0168. The third-order valence-corrected chi connectivity index (χ3v) is 4.06. The Labute approximate surface area is 152 Å². The van der Waals surface area contributed by atoms with Gasteiger partial charge in [0.2, 0.25) is 5.91 Å². The number of ether oxygens (including phenoxy) is 1. The number of hydrogen-bond donors (Lipinski definition) is 0. The quantitative estimate of drug-likeness (QED) is 0.643. The van der Waals surface area contributed by atoms with Gasteiger partial charge >= 0.3 is 0 Å². The number of halogens is 1. The maximum atomic E-state index is 13.0. The molecule has 0 unspecified atom stereocenters. The first-order chi connectivity index (χ1) is 11.3. The molecule has 0 radical (unpaired) electrons. The van der Waals surface area contributed by atoms with Crippen molar-refractivity contribution < 1.29 is 9.53 Å². The predicted molar refractivity (Wildman–Crippen MR) is 103 cm³/mol. The molecule has 128 valence electrons. The first-order valence-electron chi connectivity index (χ1n) is 8.11. The predicted octanol–water partition coefficient (Wildman–Crippen LogP) is 5.10. The van der Waals surface area contributed by atoms with Crippen molar-refractivity contribution >= 4 is 27.5 Å². The molecule has 2 aromatic carbocycles. The van der Waals surface area contributed by atoms with Crippen molar-refractivity contribution in [3.8, 4) is 5.75 Å². The Morgan fingerprint density at radius 2 is 1.83 bits per heavy atom. The highest BCUT2D eigenvalue weighted by molar-refractivity contribution is 9.10. The lowest BCUT2D eigenvalue weighted by atomic mass is 10.1. The van der Waals surface area contributed by atoms with Crippen LogP contribution in [-0.2, 0) is 11.3 Å². The van der Waals surface area contributed by atoms with Gasteiger partial charge in [0.15, 0.2) is 0 Å². The van der Waals surface area contributed by atoms with E-state index in [9.17, 15) is 4.79 Å². The van der Waals surface area contributed by atoms with E-state index in [0.29, 0.717) is 13.2 Å². The minimum atomic E-state index is -0.643. The summed E-state index contributed by atoms with van der Waals surface area (Å²) >= 11 is 3.51. The van der Waals surface area contributed by atoms with Gasteiger partial charge in [-0.3, -0.25) is 4.79 Å². The number of alkyl halides is 1. The van der Waals surface area contributed by atoms with Gasteiger partial charge in [-0.05, 0) is 44.9 Å². The Morgan fingerprint density at radius 3 is 2.42 bits per heavy atom. The Kier molecular flexibility index (Phi) is 6.05. The van der Waals surface area contributed by atoms with Gasteiger partial charge in [0.05, 0.1) is 23.2 Å². The molecular formula is C20H24BrNO2. The fourth-order valence-corrected chi connectivity index (χ4v) is 2.70. The summed E-state index contributed by atoms with van der Waals surface area (Å²) in [4.78, 5) is 14.9. The average Bonchev–Trinajstić information content (AvgIpc) is 2.54. The second kappa shape index (κ2) is 7.84. The molecule has 2 rings (SSSR count). The third-order valence-electron chi connectivity index (χ3n) is 3.72. The summed E-state index contributed by atoms with van der Waals surface area (Å²) in [6.45, 7) is 8.82. The van der Waals surface area contributed by atoms with E-state index in [1.807, 2.05) is 81.1 Å². The third kappa shape index (κ3) is 4.60. The number of hydrogen-bond acceptors (Lipinski definition) is 2. The Morgan fingerprint density at radius 1 is 1.17 bits per heavy atom. The van der Waals surface area contributed by atoms with Crippen LogP contribution in [0.5, 0.6) is 5.75 Å². The van der Waals surface area contributed by atoms with Crippen molar-refractivity contribution in [2.24, 2.45) is 0 Å². The molecule has 0 heterocycles. The molecule has 0 aromatic heterocycles. The fraction of sp³-hybridized carbons (Fsp3) is 0.350. The fourth-order valence-electron chi connectivity index (χ4n) is 2.49. The number of anilines is 1. The van der Waals surface area contributed by atoms with E-state index in [4.69, 9.17) is 4.74 Å². The van der Waals surface area contributed by atoms with Crippen molar-refractivity contribution in [1.82, 2.24) is 0 Å². The number of carbonyl (C=O) groups is 1. The van der Waals surface area contributed by atoms with E-state index < -0.39 is 4.32 Å². The Hall–Kier alpha value is -1.81. The molecule has 0 saturated heterocycles. The maximum absolute atomic E-state index is 13.0. The molecule has 3 nitrogen and oxygen atoms in total. The smallest absolute Gasteiger partial charge is 0.243 e. The summed E-state index contributed by atoms with van der Waals surface area (Å²) in [6.07, 6.45) is 0. The summed E-state index contributed by atoms with van der Waals surface area (Å²) in [5.74, 6) is 0.791. The van der Waals surface area contributed by atoms with Crippen LogP contribution in [0.25, 0.3) is 0 Å². The van der Waals surface area contributed by atoms with E-state index in [-0.39, 0.29) is 5.91 Å². The monoisotopic (exact) mass is 389 g/mol. The molecule has 0 fully saturated rings. The van der Waals surface area contributed by atoms with Crippen molar-refractivity contribution in [2.45, 2.75) is 38.6 Å². The summed E-state index contributed by atoms with van der Waals surface area (Å²) in [7, 11) is 0. The maximum Gasteiger partial charge on any atom is 0.243 e. The van der Waals surface area contributed by atoms with Gasteiger partial charge < -0.3 is 9.64 Å². The second-order valence-electron chi connectivity index (χ2n) is 6.23. The van der Waals surface area contributed by atoms with Gasteiger partial charge in [-0.25, -0.2) is 0 Å². The van der Waals surface area contributed by atoms with Crippen LogP contribution in [0.1, 0.15) is 31.9 Å². The van der Waals surface area contributed by atoms with Gasteiger partial charge in [0.25, 0.3) is 0 Å². The number of benzene rings is 2. The van der Waals surface area contributed by atoms with Crippen LogP contribution in [0.4, 0.5) is 5.69 Å². The zero-order valence-corrected chi connectivity index (χ0v) is 16.3. The van der Waals surface area contributed by atoms with E-state index >= 15 is 0 Å². The van der Waals surface area contributed by atoms with Crippen molar-refractivity contribution in [3.05, 3.63) is 59.7 Å². The SMILES string of the molecule is CCOc1ccc(C)c(N(Cc2ccccc2)C(=O)C(C)(C)Br)c1. The van der Waals surface area contributed by atoms with Gasteiger partial charge in [0, 0.05) is 6.07 Å². The minimum Gasteiger partial charge on any atom is -0.494 e. The number of amides is 1. The van der Waals surface area contributed by atoms with Crippen molar-refractivity contribution in [1.29, 1.82) is 0 Å². The zero-order chi connectivity index (χ0) is 17.7. The molecule has 24 heavy (non-hydrogen) atoms. The molecule has 0 aliphatic carbocycles. The van der Waals surface area contributed by atoms with Crippen LogP contribution in [-0.4, -0.2) is 16.8 Å². The Balaban J connectivity index is 2.46. The molecule has 4 heteroatoms. The molecular weight excluding hydrogens is 366 g/mol. The van der Waals surface area contributed by atoms with Crippen molar-refractivity contribution in [2.75, 3.05) is 11.5 Å². The van der Waals surface area contributed by atoms with Gasteiger partial charge in [-0.1, -0.05) is 52.3 Å². The van der Waals surface area contributed by atoms with Gasteiger partial charge in [-0.2, -0.15) is 0 Å².